The summed E-state index contributed by atoms with van der Waals surface area (Å²) in [5, 5.41) is 0. The van der Waals surface area contributed by atoms with Crippen LogP contribution in [0.15, 0.2) is 52.9 Å². The highest BCUT2D eigenvalue weighted by Crippen LogP contribution is 2.30. The Labute approximate surface area is 176 Å². The molecule has 1 aromatic heterocycles. The van der Waals surface area contributed by atoms with Crippen LogP contribution in [-0.2, 0) is 22.5 Å². The molecule has 0 N–H and O–H groups in total. The van der Waals surface area contributed by atoms with Gasteiger partial charge in [0.1, 0.15) is 18.1 Å². The van der Waals surface area contributed by atoms with Crippen molar-refractivity contribution in [1.82, 2.24) is 4.98 Å². The Hall–Kier alpha value is -2.83. The highest BCUT2D eigenvalue weighted by Gasteiger charge is 2.16. The van der Waals surface area contributed by atoms with E-state index in [4.69, 9.17) is 23.4 Å². The summed E-state index contributed by atoms with van der Waals surface area (Å²) in [7, 11) is 1.65. The average Bonchev–Trinajstić information content (AvgIpc) is 3.43. The fourth-order valence-corrected chi connectivity index (χ4v) is 3.45. The third-order valence-corrected chi connectivity index (χ3v) is 5.10. The standard InChI is InChI=1S/C24H27NO5/c1-17-20(25-24(30-17)19-8-4-3-5-9-19)16-29-21-12-11-18(15-22(21)26-2)7-6-10-23-27-13-14-28-23/h3-5,8-9,11-12,15,23H,6-7,10,13-14,16H2,1-2H3. The first-order valence-corrected chi connectivity index (χ1v) is 10.3. The molecule has 1 aliphatic rings. The van der Waals surface area contributed by atoms with Gasteiger partial charge in [-0.2, -0.15) is 0 Å². The van der Waals surface area contributed by atoms with Crippen molar-refractivity contribution in [2.45, 2.75) is 39.1 Å². The number of aryl methyl sites for hydroxylation is 2. The zero-order chi connectivity index (χ0) is 20.8. The second-order valence-corrected chi connectivity index (χ2v) is 7.23. The lowest BCUT2D eigenvalue weighted by Crippen LogP contribution is -2.07. The molecule has 158 valence electrons. The molecule has 0 spiro atoms. The lowest BCUT2D eigenvalue weighted by atomic mass is 10.1. The Kier molecular flexibility index (Phi) is 6.67. The van der Waals surface area contributed by atoms with Gasteiger partial charge in [0.2, 0.25) is 5.89 Å². The van der Waals surface area contributed by atoms with Gasteiger partial charge in [0.05, 0.1) is 20.3 Å². The zero-order valence-corrected chi connectivity index (χ0v) is 17.4. The summed E-state index contributed by atoms with van der Waals surface area (Å²) in [6.07, 6.45) is 2.77. The summed E-state index contributed by atoms with van der Waals surface area (Å²) in [6, 6.07) is 15.9. The summed E-state index contributed by atoms with van der Waals surface area (Å²) in [6.45, 7) is 3.61. The molecule has 3 aromatic rings. The minimum absolute atomic E-state index is 0.0546. The van der Waals surface area contributed by atoms with Crippen LogP contribution in [0.5, 0.6) is 11.5 Å². The van der Waals surface area contributed by atoms with E-state index in [0.29, 0.717) is 37.2 Å². The van der Waals surface area contributed by atoms with Crippen molar-refractivity contribution in [1.29, 1.82) is 0 Å². The molecular formula is C24H27NO5. The molecule has 2 aromatic carbocycles. The van der Waals surface area contributed by atoms with Gasteiger partial charge in [-0.15, -0.1) is 0 Å². The number of oxazole rings is 1. The molecule has 1 aliphatic heterocycles. The monoisotopic (exact) mass is 409 g/mol. The van der Waals surface area contributed by atoms with Crippen LogP contribution in [0.1, 0.15) is 29.9 Å². The third kappa shape index (κ3) is 5.01. The summed E-state index contributed by atoms with van der Waals surface area (Å²) >= 11 is 0. The van der Waals surface area contributed by atoms with Gasteiger partial charge in [-0.3, -0.25) is 0 Å². The Morgan fingerprint density at radius 1 is 1.03 bits per heavy atom. The normalized spacial score (nSPS) is 14.2. The smallest absolute Gasteiger partial charge is 0.226 e. The van der Waals surface area contributed by atoms with Crippen LogP contribution in [-0.4, -0.2) is 31.6 Å². The van der Waals surface area contributed by atoms with Crippen LogP contribution in [0.4, 0.5) is 0 Å². The molecular weight excluding hydrogens is 382 g/mol. The summed E-state index contributed by atoms with van der Waals surface area (Å²) < 4.78 is 28.3. The van der Waals surface area contributed by atoms with Gasteiger partial charge in [-0.1, -0.05) is 24.3 Å². The van der Waals surface area contributed by atoms with E-state index in [1.54, 1.807) is 7.11 Å². The molecule has 6 heteroatoms. The van der Waals surface area contributed by atoms with Gasteiger partial charge in [0, 0.05) is 5.56 Å². The van der Waals surface area contributed by atoms with E-state index < -0.39 is 0 Å². The van der Waals surface area contributed by atoms with Crippen molar-refractivity contribution < 1.29 is 23.4 Å². The number of rotatable bonds is 9. The Morgan fingerprint density at radius 2 is 1.83 bits per heavy atom. The predicted molar refractivity (Wildman–Crippen MR) is 113 cm³/mol. The molecule has 0 bridgehead atoms. The summed E-state index contributed by atoms with van der Waals surface area (Å²) in [4.78, 5) is 4.59. The van der Waals surface area contributed by atoms with Crippen LogP contribution in [0, 0.1) is 6.92 Å². The van der Waals surface area contributed by atoms with Crippen LogP contribution in [0.3, 0.4) is 0 Å². The van der Waals surface area contributed by atoms with Gasteiger partial charge < -0.3 is 23.4 Å². The van der Waals surface area contributed by atoms with E-state index in [9.17, 15) is 0 Å². The lowest BCUT2D eigenvalue weighted by molar-refractivity contribution is -0.0475. The molecule has 0 atom stereocenters. The summed E-state index contributed by atoms with van der Waals surface area (Å²) in [5.41, 5.74) is 2.92. The van der Waals surface area contributed by atoms with Crippen LogP contribution in [0.25, 0.3) is 11.5 Å². The highest BCUT2D eigenvalue weighted by atomic mass is 16.7. The average molecular weight is 409 g/mol. The maximum Gasteiger partial charge on any atom is 0.226 e. The number of benzene rings is 2. The molecule has 0 unspecified atom stereocenters. The molecule has 6 nitrogen and oxygen atoms in total. The van der Waals surface area contributed by atoms with Crippen molar-refractivity contribution in [3.63, 3.8) is 0 Å². The van der Waals surface area contributed by atoms with Crippen molar-refractivity contribution >= 4 is 0 Å². The second-order valence-electron chi connectivity index (χ2n) is 7.23. The third-order valence-electron chi connectivity index (χ3n) is 5.10. The molecule has 0 radical (unpaired) electrons. The number of methoxy groups -OCH3 is 1. The van der Waals surface area contributed by atoms with Gasteiger partial charge in [0.25, 0.3) is 0 Å². The molecule has 0 amide bonds. The van der Waals surface area contributed by atoms with E-state index in [0.717, 1.165) is 36.3 Å². The maximum atomic E-state index is 6.00. The van der Waals surface area contributed by atoms with Gasteiger partial charge in [-0.25, -0.2) is 4.98 Å². The fourth-order valence-electron chi connectivity index (χ4n) is 3.45. The summed E-state index contributed by atoms with van der Waals surface area (Å²) in [5.74, 6) is 2.75. The minimum Gasteiger partial charge on any atom is -0.493 e. The van der Waals surface area contributed by atoms with E-state index in [-0.39, 0.29) is 6.29 Å². The number of ether oxygens (including phenoxy) is 4. The van der Waals surface area contributed by atoms with Gasteiger partial charge >= 0.3 is 0 Å². The molecule has 30 heavy (non-hydrogen) atoms. The molecule has 2 heterocycles. The number of nitrogens with zero attached hydrogens (tertiary/aromatic N) is 1. The largest absolute Gasteiger partial charge is 0.493 e. The Bertz CT molecular complexity index is 947. The quantitative estimate of drug-likeness (QED) is 0.499. The van der Waals surface area contributed by atoms with Gasteiger partial charge in [0.15, 0.2) is 17.8 Å². The van der Waals surface area contributed by atoms with Crippen LogP contribution < -0.4 is 9.47 Å². The predicted octanol–water partition coefficient (Wildman–Crippen LogP) is 4.93. The van der Waals surface area contributed by atoms with Crippen molar-refractivity contribution in [2.24, 2.45) is 0 Å². The van der Waals surface area contributed by atoms with Crippen molar-refractivity contribution in [3.05, 3.63) is 65.5 Å². The molecule has 0 saturated carbocycles. The zero-order valence-electron chi connectivity index (χ0n) is 17.4. The lowest BCUT2D eigenvalue weighted by Gasteiger charge is -2.12. The maximum absolute atomic E-state index is 6.00. The fraction of sp³-hybridized carbons (Fsp3) is 0.375. The van der Waals surface area contributed by atoms with Crippen molar-refractivity contribution in [2.75, 3.05) is 20.3 Å². The van der Waals surface area contributed by atoms with Crippen LogP contribution >= 0.6 is 0 Å². The Morgan fingerprint density at radius 3 is 2.60 bits per heavy atom. The van der Waals surface area contributed by atoms with Crippen LogP contribution in [0.2, 0.25) is 0 Å². The first kappa shape index (κ1) is 20.4. The topological polar surface area (TPSA) is 63.0 Å². The van der Waals surface area contributed by atoms with E-state index in [1.807, 2.05) is 49.4 Å². The number of hydrogen-bond acceptors (Lipinski definition) is 6. The number of aromatic nitrogens is 1. The van der Waals surface area contributed by atoms with E-state index in [2.05, 4.69) is 11.1 Å². The molecule has 1 fully saturated rings. The molecule has 4 rings (SSSR count). The molecule has 0 aliphatic carbocycles. The minimum atomic E-state index is -0.0546. The first-order valence-electron chi connectivity index (χ1n) is 10.3. The van der Waals surface area contributed by atoms with E-state index in [1.165, 1.54) is 5.56 Å². The second kappa shape index (κ2) is 9.78. The SMILES string of the molecule is COc1cc(CCCC2OCCO2)ccc1OCc1nc(-c2ccccc2)oc1C. The molecule has 1 saturated heterocycles. The first-order chi connectivity index (χ1) is 14.7. The highest BCUT2D eigenvalue weighted by molar-refractivity contribution is 5.53. The number of hydrogen-bond donors (Lipinski definition) is 0. The Balaban J connectivity index is 1.36. The van der Waals surface area contributed by atoms with Gasteiger partial charge in [-0.05, 0) is 56.0 Å². The van der Waals surface area contributed by atoms with Crippen molar-refractivity contribution in [3.8, 4) is 23.0 Å². The van der Waals surface area contributed by atoms with E-state index >= 15 is 0 Å².